The second-order valence-corrected chi connectivity index (χ2v) is 6.79. The molecule has 5 unspecified atom stereocenters. The summed E-state index contributed by atoms with van der Waals surface area (Å²) in [4.78, 5) is 14.6. The highest BCUT2D eigenvalue weighted by Crippen LogP contribution is 2.35. The van der Waals surface area contributed by atoms with Crippen LogP contribution in [-0.4, -0.2) is 29.1 Å². The standard InChI is InChI=1S/C15H28N2O/c1-9(2)14-16-12(5)15(18)17(14)13-7-6-10(3)8-11(13)4/h9-14,16H,6-8H2,1-5H3. The van der Waals surface area contributed by atoms with Crippen molar-refractivity contribution in [2.75, 3.05) is 0 Å². The summed E-state index contributed by atoms with van der Waals surface area (Å²) in [6.45, 7) is 11.0. The first-order valence-electron chi connectivity index (χ1n) is 7.50. The fraction of sp³-hybridized carbons (Fsp3) is 0.933. The Hall–Kier alpha value is -0.570. The van der Waals surface area contributed by atoms with Crippen molar-refractivity contribution in [2.24, 2.45) is 17.8 Å². The fourth-order valence-electron chi connectivity index (χ4n) is 3.71. The molecule has 2 fully saturated rings. The summed E-state index contributed by atoms with van der Waals surface area (Å²) in [5.41, 5.74) is 0. The van der Waals surface area contributed by atoms with Gasteiger partial charge in [0.25, 0.3) is 0 Å². The SMILES string of the molecule is CC1CCC(N2C(=O)C(C)NC2C(C)C)C(C)C1. The minimum absolute atomic E-state index is 0.0102. The number of nitrogens with one attached hydrogen (secondary N) is 1. The quantitative estimate of drug-likeness (QED) is 0.819. The molecule has 18 heavy (non-hydrogen) atoms. The highest BCUT2D eigenvalue weighted by molar-refractivity contribution is 5.84. The van der Waals surface area contributed by atoms with E-state index in [1.807, 2.05) is 6.92 Å². The molecule has 0 aromatic carbocycles. The van der Waals surface area contributed by atoms with Crippen molar-refractivity contribution >= 4 is 5.91 Å². The Balaban J connectivity index is 2.16. The minimum Gasteiger partial charge on any atom is -0.322 e. The monoisotopic (exact) mass is 252 g/mol. The Morgan fingerprint density at radius 1 is 1.22 bits per heavy atom. The van der Waals surface area contributed by atoms with Crippen LogP contribution in [0.1, 0.15) is 53.9 Å². The predicted molar refractivity (Wildman–Crippen MR) is 74.0 cm³/mol. The molecule has 0 aromatic rings. The Morgan fingerprint density at radius 2 is 1.89 bits per heavy atom. The van der Waals surface area contributed by atoms with E-state index in [1.54, 1.807) is 0 Å². The van der Waals surface area contributed by atoms with Crippen molar-refractivity contribution in [2.45, 2.75) is 72.1 Å². The lowest BCUT2D eigenvalue weighted by molar-refractivity contribution is -0.134. The minimum atomic E-state index is -0.0102. The summed E-state index contributed by atoms with van der Waals surface area (Å²) in [5, 5.41) is 3.46. The first kappa shape index (κ1) is 13.9. The Morgan fingerprint density at radius 3 is 2.44 bits per heavy atom. The molecule has 1 amide bonds. The van der Waals surface area contributed by atoms with E-state index in [0.717, 1.165) is 5.92 Å². The number of carbonyl (C=O) groups is 1. The molecule has 5 atom stereocenters. The summed E-state index contributed by atoms with van der Waals surface area (Å²) >= 11 is 0. The number of hydrogen-bond acceptors (Lipinski definition) is 2. The third kappa shape index (κ3) is 2.42. The van der Waals surface area contributed by atoms with Crippen molar-refractivity contribution in [3.05, 3.63) is 0 Å². The second-order valence-electron chi connectivity index (χ2n) is 6.79. The topological polar surface area (TPSA) is 32.3 Å². The molecule has 1 aliphatic carbocycles. The molecule has 1 aliphatic heterocycles. The lowest BCUT2D eigenvalue weighted by Gasteiger charge is -2.42. The van der Waals surface area contributed by atoms with E-state index < -0.39 is 0 Å². The average Bonchev–Trinajstić information content (AvgIpc) is 2.57. The van der Waals surface area contributed by atoms with Crippen LogP contribution in [0.5, 0.6) is 0 Å². The van der Waals surface area contributed by atoms with Crippen LogP contribution in [0.15, 0.2) is 0 Å². The summed E-state index contributed by atoms with van der Waals surface area (Å²) < 4.78 is 0. The molecule has 1 heterocycles. The maximum absolute atomic E-state index is 12.4. The van der Waals surface area contributed by atoms with E-state index >= 15 is 0 Å². The number of hydrogen-bond donors (Lipinski definition) is 1. The highest BCUT2D eigenvalue weighted by atomic mass is 16.2. The van der Waals surface area contributed by atoms with Crippen LogP contribution >= 0.6 is 0 Å². The zero-order chi connectivity index (χ0) is 13.4. The fourth-order valence-corrected chi connectivity index (χ4v) is 3.71. The summed E-state index contributed by atoms with van der Waals surface area (Å²) in [6, 6.07) is 0.433. The van der Waals surface area contributed by atoms with Gasteiger partial charge >= 0.3 is 0 Å². The first-order valence-corrected chi connectivity index (χ1v) is 7.50. The molecule has 1 saturated carbocycles. The number of amides is 1. The Labute approximate surface area is 111 Å². The van der Waals surface area contributed by atoms with Crippen LogP contribution in [0.2, 0.25) is 0 Å². The van der Waals surface area contributed by atoms with E-state index in [9.17, 15) is 4.79 Å². The molecular weight excluding hydrogens is 224 g/mol. The van der Waals surface area contributed by atoms with Crippen molar-refractivity contribution < 1.29 is 4.79 Å². The summed E-state index contributed by atoms with van der Waals surface area (Å²) in [5.74, 6) is 2.23. The molecule has 0 bridgehead atoms. The molecule has 3 heteroatoms. The lowest BCUT2D eigenvalue weighted by Crippen LogP contribution is -2.51. The molecule has 0 aromatic heterocycles. The molecule has 0 radical (unpaired) electrons. The van der Waals surface area contributed by atoms with E-state index in [2.05, 4.69) is 37.9 Å². The zero-order valence-corrected chi connectivity index (χ0v) is 12.4. The van der Waals surface area contributed by atoms with Crippen LogP contribution < -0.4 is 5.32 Å². The van der Waals surface area contributed by atoms with Crippen LogP contribution in [0, 0.1) is 17.8 Å². The zero-order valence-electron chi connectivity index (χ0n) is 12.4. The van der Waals surface area contributed by atoms with Crippen molar-refractivity contribution in [1.29, 1.82) is 0 Å². The van der Waals surface area contributed by atoms with Gasteiger partial charge in [-0.15, -0.1) is 0 Å². The van der Waals surface area contributed by atoms with Gasteiger partial charge in [0, 0.05) is 6.04 Å². The Kier molecular flexibility index (Phi) is 4.00. The third-order valence-corrected chi connectivity index (χ3v) is 4.72. The molecule has 1 saturated heterocycles. The summed E-state index contributed by atoms with van der Waals surface area (Å²) in [6.07, 6.45) is 3.92. The van der Waals surface area contributed by atoms with Crippen LogP contribution in [0.4, 0.5) is 0 Å². The van der Waals surface area contributed by atoms with Crippen molar-refractivity contribution in [1.82, 2.24) is 10.2 Å². The van der Waals surface area contributed by atoms with Gasteiger partial charge in [-0.1, -0.05) is 27.7 Å². The van der Waals surface area contributed by atoms with Gasteiger partial charge in [-0.05, 0) is 43.9 Å². The smallest absolute Gasteiger partial charge is 0.240 e. The van der Waals surface area contributed by atoms with Gasteiger partial charge < -0.3 is 4.90 Å². The normalized spacial score (nSPS) is 41.8. The lowest BCUT2D eigenvalue weighted by atomic mass is 9.78. The number of carbonyl (C=O) groups excluding carboxylic acids is 1. The molecule has 1 N–H and O–H groups in total. The molecule has 104 valence electrons. The molecule has 3 nitrogen and oxygen atoms in total. The number of nitrogens with zero attached hydrogens (tertiary/aromatic N) is 1. The predicted octanol–water partition coefficient (Wildman–Crippen LogP) is 2.61. The van der Waals surface area contributed by atoms with Gasteiger partial charge in [0.05, 0.1) is 12.2 Å². The van der Waals surface area contributed by atoms with Crippen LogP contribution in [-0.2, 0) is 4.79 Å². The van der Waals surface area contributed by atoms with Crippen molar-refractivity contribution in [3.63, 3.8) is 0 Å². The van der Waals surface area contributed by atoms with Gasteiger partial charge in [0.15, 0.2) is 0 Å². The van der Waals surface area contributed by atoms with E-state index in [4.69, 9.17) is 0 Å². The van der Waals surface area contributed by atoms with Gasteiger partial charge in [0.2, 0.25) is 5.91 Å². The molecule has 2 aliphatic rings. The molecule has 0 spiro atoms. The maximum atomic E-state index is 12.4. The van der Waals surface area contributed by atoms with Crippen LogP contribution in [0.25, 0.3) is 0 Å². The Bertz CT molecular complexity index is 316. The molecule has 2 rings (SSSR count). The third-order valence-electron chi connectivity index (χ3n) is 4.72. The van der Waals surface area contributed by atoms with Crippen LogP contribution in [0.3, 0.4) is 0 Å². The highest BCUT2D eigenvalue weighted by Gasteiger charge is 2.44. The van der Waals surface area contributed by atoms with Gasteiger partial charge in [-0.3, -0.25) is 10.1 Å². The maximum Gasteiger partial charge on any atom is 0.240 e. The van der Waals surface area contributed by atoms with Gasteiger partial charge in [-0.2, -0.15) is 0 Å². The summed E-state index contributed by atoms with van der Waals surface area (Å²) in [7, 11) is 0. The van der Waals surface area contributed by atoms with E-state index in [0.29, 0.717) is 23.8 Å². The average molecular weight is 252 g/mol. The largest absolute Gasteiger partial charge is 0.322 e. The van der Waals surface area contributed by atoms with Crippen molar-refractivity contribution in [3.8, 4) is 0 Å². The van der Waals surface area contributed by atoms with Gasteiger partial charge in [-0.25, -0.2) is 0 Å². The molecular formula is C15H28N2O. The van der Waals surface area contributed by atoms with E-state index in [-0.39, 0.29) is 12.2 Å². The van der Waals surface area contributed by atoms with E-state index in [1.165, 1.54) is 19.3 Å². The second kappa shape index (κ2) is 5.20. The van der Waals surface area contributed by atoms with Gasteiger partial charge in [0.1, 0.15) is 0 Å². The first-order chi connectivity index (χ1) is 8.41. The number of rotatable bonds is 2.